The van der Waals surface area contributed by atoms with E-state index in [4.69, 9.17) is 0 Å². The first-order valence-corrected chi connectivity index (χ1v) is 10.7. The molecule has 0 spiro atoms. The lowest BCUT2D eigenvalue weighted by atomic mass is 9.86. The summed E-state index contributed by atoms with van der Waals surface area (Å²) in [7, 11) is 0. The van der Waals surface area contributed by atoms with Gasteiger partial charge in [0.05, 0.1) is 10.8 Å². The molecule has 0 unspecified atom stereocenters. The maximum Gasteiger partial charge on any atom is 0.309 e. The molecule has 0 bridgehead atoms. The highest BCUT2D eigenvalue weighted by molar-refractivity contribution is 5.73. The molecule has 0 fully saturated rings. The van der Waals surface area contributed by atoms with Crippen molar-refractivity contribution in [3.05, 3.63) is 29.3 Å². The second-order valence-corrected chi connectivity index (χ2v) is 9.45. The molecule has 1 aromatic carbocycles. The fourth-order valence-corrected chi connectivity index (χ4v) is 3.42. The SMILES string of the molecule is CC(C)(CCCCCc1ccc(O)cc1CCCCCC(C)(C)C(=O)O)C(=O)O. The average molecular weight is 407 g/mol. The number of hydrogen-bond acceptors (Lipinski definition) is 3. The van der Waals surface area contributed by atoms with Crippen molar-refractivity contribution in [2.75, 3.05) is 0 Å². The molecule has 0 amide bonds. The number of aromatic hydroxyl groups is 1. The highest BCUT2D eigenvalue weighted by atomic mass is 16.4. The van der Waals surface area contributed by atoms with Crippen molar-refractivity contribution in [3.63, 3.8) is 0 Å². The quantitative estimate of drug-likeness (QED) is 0.338. The Bertz CT molecular complexity index is 676. The van der Waals surface area contributed by atoms with E-state index in [9.17, 15) is 24.9 Å². The number of carboxylic acid groups (broad SMARTS) is 2. The van der Waals surface area contributed by atoms with E-state index >= 15 is 0 Å². The summed E-state index contributed by atoms with van der Waals surface area (Å²) in [6.07, 6.45) is 8.85. The first-order chi connectivity index (χ1) is 13.5. The van der Waals surface area contributed by atoms with Crippen LogP contribution in [-0.2, 0) is 22.4 Å². The summed E-state index contributed by atoms with van der Waals surface area (Å²) in [6, 6.07) is 5.55. The largest absolute Gasteiger partial charge is 0.508 e. The van der Waals surface area contributed by atoms with Crippen molar-refractivity contribution in [3.8, 4) is 5.75 Å². The molecular weight excluding hydrogens is 368 g/mol. The van der Waals surface area contributed by atoms with Gasteiger partial charge in [0.1, 0.15) is 5.75 Å². The van der Waals surface area contributed by atoms with Crippen LogP contribution in [0.15, 0.2) is 18.2 Å². The van der Waals surface area contributed by atoms with Crippen LogP contribution in [0.3, 0.4) is 0 Å². The lowest BCUT2D eigenvalue weighted by Gasteiger charge is -2.19. The molecule has 0 heterocycles. The molecule has 1 rings (SSSR count). The number of benzene rings is 1. The van der Waals surface area contributed by atoms with Gasteiger partial charge in [-0.3, -0.25) is 9.59 Å². The highest BCUT2D eigenvalue weighted by Crippen LogP contribution is 2.27. The van der Waals surface area contributed by atoms with E-state index in [-0.39, 0.29) is 5.75 Å². The zero-order valence-corrected chi connectivity index (χ0v) is 18.5. The van der Waals surface area contributed by atoms with Crippen LogP contribution < -0.4 is 0 Å². The number of phenols is 1. The van der Waals surface area contributed by atoms with Crippen LogP contribution in [0.5, 0.6) is 5.75 Å². The van der Waals surface area contributed by atoms with E-state index in [2.05, 4.69) is 0 Å². The van der Waals surface area contributed by atoms with E-state index in [1.807, 2.05) is 12.1 Å². The molecule has 0 radical (unpaired) electrons. The van der Waals surface area contributed by atoms with E-state index in [0.29, 0.717) is 12.8 Å². The lowest BCUT2D eigenvalue weighted by Crippen LogP contribution is -2.23. The molecule has 0 aliphatic rings. The molecule has 3 N–H and O–H groups in total. The van der Waals surface area contributed by atoms with Gasteiger partial charge in [0.25, 0.3) is 0 Å². The molecule has 0 atom stereocenters. The first-order valence-electron chi connectivity index (χ1n) is 10.7. The molecule has 0 saturated carbocycles. The van der Waals surface area contributed by atoms with Crippen LogP contribution in [-0.4, -0.2) is 27.3 Å². The van der Waals surface area contributed by atoms with Crippen molar-refractivity contribution in [2.45, 2.75) is 91.9 Å². The number of hydrogen-bond donors (Lipinski definition) is 3. The molecule has 5 nitrogen and oxygen atoms in total. The number of aryl methyl sites for hydroxylation is 2. The second-order valence-electron chi connectivity index (χ2n) is 9.45. The van der Waals surface area contributed by atoms with Gasteiger partial charge in [-0.25, -0.2) is 0 Å². The number of unbranched alkanes of at least 4 members (excludes halogenated alkanes) is 4. The van der Waals surface area contributed by atoms with E-state index in [0.717, 1.165) is 56.9 Å². The minimum absolute atomic E-state index is 0.277. The Labute approximate surface area is 175 Å². The highest BCUT2D eigenvalue weighted by Gasteiger charge is 2.26. The average Bonchev–Trinajstić information content (AvgIpc) is 2.62. The normalized spacial score (nSPS) is 12.1. The second kappa shape index (κ2) is 11.2. The monoisotopic (exact) mass is 406 g/mol. The van der Waals surface area contributed by atoms with Gasteiger partial charge in [0.2, 0.25) is 0 Å². The van der Waals surface area contributed by atoms with Crippen LogP contribution >= 0.6 is 0 Å². The third-order valence-corrected chi connectivity index (χ3v) is 5.84. The Morgan fingerprint density at radius 2 is 1.17 bits per heavy atom. The zero-order valence-electron chi connectivity index (χ0n) is 18.5. The van der Waals surface area contributed by atoms with E-state index < -0.39 is 22.8 Å². The van der Waals surface area contributed by atoms with Crippen molar-refractivity contribution in [1.29, 1.82) is 0 Å². The summed E-state index contributed by atoms with van der Waals surface area (Å²) in [5.74, 6) is -1.22. The Balaban J connectivity index is 2.44. The fourth-order valence-electron chi connectivity index (χ4n) is 3.42. The Kier molecular flexibility index (Phi) is 9.67. The van der Waals surface area contributed by atoms with Crippen LogP contribution in [0.2, 0.25) is 0 Å². The number of carbonyl (C=O) groups is 2. The predicted octanol–water partition coefficient (Wildman–Crippen LogP) is 5.82. The van der Waals surface area contributed by atoms with Gasteiger partial charge in [-0.15, -0.1) is 0 Å². The molecule has 0 aliphatic heterocycles. The first kappa shape index (κ1) is 25.0. The maximum atomic E-state index is 11.2. The maximum absolute atomic E-state index is 11.2. The third-order valence-electron chi connectivity index (χ3n) is 5.84. The number of aliphatic carboxylic acids is 2. The predicted molar refractivity (Wildman–Crippen MR) is 115 cm³/mol. The van der Waals surface area contributed by atoms with Crippen LogP contribution in [0.25, 0.3) is 0 Å². The topological polar surface area (TPSA) is 94.8 Å². The molecule has 1 aromatic rings. The van der Waals surface area contributed by atoms with Crippen molar-refractivity contribution in [2.24, 2.45) is 10.8 Å². The smallest absolute Gasteiger partial charge is 0.309 e. The van der Waals surface area contributed by atoms with Gasteiger partial charge < -0.3 is 15.3 Å². The van der Waals surface area contributed by atoms with Crippen LogP contribution in [0, 0.1) is 10.8 Å². The van der Waals surface area contributed by atoms with Crippen LogP contribution in [0.1, 0.15) is 90.2 Å². The number of rotatable bonds is 14. The Hall–Kier alpha value is -2.04. The Morgan fingerprint density at radius 1 is 0.724 bits per heavy atom. The van der Waals surface area contributed by atoms with E-state index in [1.165, 1.54) is 5.56 Å². The Morgan fingerprint density at radius 3 is 1.62 bits per heavy atom. The van der Waals surface area contributed by atoms with Gasteiger partial charge in [0, 0.05) is 0 Å². The van der Waals surface area contributed by atoms with Crippen molar-refractivity contribution < 1.29 is 24.9 Å². The summed E-state index contributed by atoms with van der Waals surface area (Å²) in [5.41, 5.74) is 1.06. The van der Waals surface area contributed by atoms with Gasteiger partial charge in [-0.05, 0) is 89.5 Å². The summed E-state index contributed by atoms with van der Waals surface area (Å²) >= 11 is 0. The van der Waals surface area contributed by atoms with E-state index in [1.54, 1.807) is 33.8 Å². The molecular formula is C24H38O5. The molecule has 0 saturated heterocycles. The number of phenolic OH excluding ortho intramolecular Hbond substituents is 1. The van der Waals surface area contributed by atoms with Gasteiger partial charge >= 0.3 is 11.9 Å². The van der Waals surface area contributed by atoms with Crippen molar-refractivity contribution in [1.82, 2.24) is 0 Å². The number of carboxylic acids is 2. The lowest BCUT2D eigenvalue weighted by molar-refractivity contribution is -0.148. The third kappa shape index (κ3) is 8.88. The van der Waals surface area contributed by atoms with Gasteiger partial charge in [-0.1, -0.05) is 31.7 Å². The minimum atomic E-state index is -0.750. The molecule has 0 aliphatic carbocycles. The standard InChI is InChI=1S/C24H38O5/c1-23(2,21(26)27)15-9-5-7-11-18-13-14-20(25)17-19(18)12-8-6-10-16-24(3,4)22(28)29/h13-14,17,25H,5-12,15-16H2,1-4H3,(H,26,27)(H,28,29). The van der Waals surface area contributed by atoms with Gasteiger partial charge in [-0.2, -0.15) is 0 Å². The molecule has 5 heteroatoms. The van der Waals surface area contributed by atoms with Gasteiger partial charge in [0.15, 0.2) is 0 Å². The summed E-state index contributed by atoms with van der Waals surface area (Å²) in [4.78, 5) is 22.3. The minimum Gasteiger partial charge on any atom is -0.508 e. The summed E-state index contributed by atoms with van der Waals surface area (Å²) in [6.45, 7) is 7.07. The molecule has 29 heavy (non-hydrogen) atoms. The summed E-state index contributed by atoms with van der Waals surface area (Å²) in [5, 5.41) is 28.2. The zero-order chi connectivity index (χ0) is 22.1. The van der Waals surface area contributed by atoms with Crippen molar-refractivity contribution >= 4 is 11.9 Å². The molecule has 0 aromatic heterocycles. The summed E-state index contributed by atoms with van der Waals surface area (Å²) < 4.78 is 0. The van der Waals surface area contributed by atoms with Crippen LogP contribution in [0.4, 0.5) is 0 Å². The fraction of sp³-hybridized carbons (Fsp3) is 0.667. The molecule has 164 valence electrons.